The number of hydrogen-bond donors (Lipinski definition) is 2. The number of fused-ring (bicyclic) bond motifs is 2. The number of anilines is 1. The predicted molar refractivity (Wildman–Crippen MR) is 106 cm³/mol. The fourth-order valence-electron chi connectivity index (χ4n) is 4.07. The first-order valence-electron chi connectivity index (χ1n) is 9.25. The van der Waals surface area contributed by atoms with E-state index in [0.29, 0.717) is 5.56 Å². The molecule has 1 atom stereocenters. The van der Waals surface area contributed by atoms with Crippen molar-refractivity contribution in [3.8, 4) is 6.07 Å². The van der Waals surface area contributed by atoms with E-state index in [1.807, 2.05) is 0 Å². The lowest BCUT2D eigenvalue weighted by atomic mass is 9.99. The fraction of sp³-hybridized carbons (Fsp3) is 0.333. The summed E-state index contributed by atoms with van der Waals surface area (Å²) in [5, 5.41) is 11.8. The molecule has 2 amide bonds. The van der Waals surface area contributed by atoms with Crippen LogP contribution in [0.1, 0.15) is 46.2 Å². The lowest BCUT2D eigenvalue weighted by Gasteiger charge is -2.16. The van der Waals surface area contributed by atoms with Gasteiger partial charge in [-0.1, -0.05) is 18.2 Å². The second-order valence-electron chi connectivity index (χ2n) is 7.09. The summed E-state index contributed by atoms with van der Waals surface area (Å²) in [6.07, 6.45) is 6.38. The number of nitrogens with one attached hydrogen (secondary N) is 2. The second kappa shape index (κ2) is 7.53. The summed E-state index contributed by atoms with van der Waals surface area (Å²) in [6.45, 7) is 0. The minimum atomic E-state index is -1.52. The molecular formula is C21H21N3O2S. The number of hydrogen-bond acceptors (Lipinski definition) is 3. The van der Waals surface area contributed by atoms with Crippen LogP contribution in [0, 0.1) is 11.3 Å². The Morgan fingerprint density at radius 3 is 2.26 bits per heavy atom. The first-order valence-corrected chi connectivity index (χ1v) is 10.6. The SMILES string of the molecule is N#Cc1ccc(CS(=O)NC(=O)Nc2c3c(cc4c2CCC4)CCC3)cc1. The van der Waals surface area contributed by atoms with Crippen LogP contribution in [0.4, 0.5) is 10.5 Å². The molecule has 138 valence electrons. The van der Waals surface area contributed by atoms with Crippen molar-refractivity contribution < 1.29 is 9.00 Å². The van der Waals surface area contributed by atoms with Crippen LogP contribution in [0.3, 0.4) is 0 Å². The Morgan fingerprint density at radius 2 is 1.67 bits per heavy atom. The van der Waals surface area contributed by atoms with Gasteiger partial charge in [-0.2, -0.15) is 5.26 Å². The van der Waals surface area contributed by atoms with Gasteiger partial charge in [0.15, 0.2) is 0 Å². The van der Waals surface area contributed by atoms with Crippen LogP contribution in [-0.2, 0) is 42.4 Å². The lowest BCUT2D eigenvalue weighted by Crippen LogP contribution is -2.32. The summed E-state index contributed by atoms with van der Waals surface area (Å²) in [5.74, 6) is 0.212. The van der Waals surface area contributed by atoms with Gasteiger partial charge in [0.2, 0.25) is 0 Å². The van der Waals surface area contributed by atoms with E-state index in [2.05, 4.69) is 22.2 Å². The van der Waals surface area contributed by atoms with Crippen molar-refractivity contribution in [1.29, 1.82) is 5.26 Å². The molecule has 0 saturated heterocycles. The summed E-state index contributed by atoms with van der Waals surface area (Å²) in [7, 11) is -1.52. The number of benzene rings is 2. The predicted octanol–water partition coefficient (Wildman–Crippen LogP) is 3.52. The van der Waals surface area contributed by atoms with Gasteiger partial charge in [-0.15, -0.1) is 0 Å². The summed E-state index contributed by atoms with van der Waals surface area (Å²) in [4.78, 5) is 12.5. The molecule has 2 aromatic rings. The Balaban J connectivity index is 1.44. The van der Waals surface area contributed by atoms with Crippen molar-refractivity contribution >= 4 is 22.7 Å². The molecule has 0 saturated carbocycles. The maximum Gasteiger partial charge on any atom is 0.331 e. The molecule has 0 bridgehead atoms. The average molecular weight is 379 g/mol. The lowest BCUT2D eigenvalue weighted by molar-refractivity contribution is 0.257. The van der Waals surface area contributed by atoms with Gasteiger partial charge in [-0.3, -0.25) is 4.72 Å². The molecule has 5 nitrogen and oxygen atoms in total. The molecule has 0 radical (unpaired) electrons. The Bertz CT molecular complexity index is 929. The molecule has 0 heterocycles. The molecule has 0 aromatic heterocycles. The average Bonchev–Trinajstić information content (AvgIpc) is 3.31. The van der Waals surface area contributed by atoms with E-state index in [-0.39, 0.29) is 5.75 Å². The van der Waals surface area contributed by atoms with Crippen molar-refractivity contribution in [3.05, 3.63) is 63.7 Å². The third-order valence-electron chi connectivity index (χ3n) is 5.30. The van der Waals surface area contributed by atoms with Crippen LogP contribution >= 0.6 is 0 Å². The standard InChI is InChI=1S/C21H21N3O2S/c22-12-14-7-9-15(10-8-14)13-27(26)24-21(25)23-20-18-5-1-3-16(18)11-17-4-2-6-19(17)20/h7-11H,1-6,13H2,(H2,23,24,25). The van der Waals surface area contributed by atoms with Crippen molar-refractivity contribution in [2.24, 2.45) is 0 Å². The molecule has 0 fully saturated rings. The molecule has 0 spiro atoms. The number of carbonyl (C=O) groups excluding carboxylic acids is 1. The summed E-state index contributed by atoms with van der Waals surface area (Å²) < 4.78 is 14.9. The zero-order valence-electron chi connectivity index (χ0n) is 15.0. The monoisotopic (exact) mass is 379 g/mol. The van der Waals surface area contributed by atoms with Crippen LogP contribution in [0.25, 0.3) is 0 Å². The normalized spacial score (nSPS) is 15.5. The van der Waals surface area contributed by atoms with E-state index >= 15 is 0 Å². The van der Waals surface area contributed by atoms with E-state index in [4.69, 9.17) is 5.26 Å². The molecule has 0 aliphatic heterocycles. The largest absolute Gasteiger partial charge is 0.331 e. The zero-order valence-corrected chi connectivity index (χ0v) is 15.8. The first-order chi connectivity index (χ1) is 13.1. The van der Waals surface area contributed by atoms with E-state index in [1.165, 1.54) is 22.3 Å². The van der Waals surface area contributed by atoms with Gasteiger partial charge in [0.05, 0.1) is 17.4 Å². The number of nitriles is 1. The molecule has 1 unspecified atom stereocenters. The van der Waals surface area contributed by atoms with Crippen LogP contribution in [0.5, 0.6) is 0 Å². The van der Waals surface area contributed by atoms with Crippen LogP contribution in [-0.4, -0.2) is 10.2 Å². The van der Waals surface area contributed by atoms with Gasteiger partial charge in [0, 0.05) is 5.69 Å². The molecular weight excluding hydrogens is 358 g/mol. The number of urea groups is 1. The van der Waals surface area contributed by atoms with Gasteiger partial charge < -0.3 is 5.32 Å². The van der Waals surface area contributed by atoms with E-state index in [0.717, 1.165) is 49.8 Å². The number of carbonyl (C=O) groups is 1. The Labute approximate surface area is 161 Å². The molecule has 4 rings (SSSR count). The number of rotatable bonds is 4. The Kier molecular flexibility index (Phi) is 4.95. The highest BCUT2D eigenvalue weighted by molar-refractivity contribution is 7.82. The molecule has 2 aliphatic carbocycles. The summed E-state index contributed by atoms with van der Waals surface area (Å²) in [5.41, 5.74) is 7.53. The van der Waals surface area contributed by atoms with Crippen LogP contribution < -0.4 is 10.0 Å². The van der Waals surface area contributed by atoms with Crippen LogP contribution in [0.2, 0.25) is 0 Å². The van der Waals surface area contributed by atoms with Gasteiger partial charge in [0.25, 0.3) is 0 Å². The highest BCUT2D eigenvalue weighted by Gasteiger charge is 2.25. The van der Waals surface area contributed by atoms with Crippen molar-refractivity contribution in [2.45, 2.75) is 44.3 Å². The molecule has 6 heteroatoms. The maximum absolute atomic E-state index is 12.5. The van der Waals surface area contributed by atoms with E-state index < -0.39 is 17.0 Å². The third kappa shape index (κ3) is 3.74. The number of nitrogens with zero attached hydrogens (tertiary/aromatic N) is 1. The highest BCUT2D eigenvalue weighted by Crippen LogP contribution is 2.38. The summed E-state index contributed by atoms with van der Waals surface area (Å²) in [6, 6.07) is 10.8. The first kappa shape index (κ1) is 17.7. The van der Waals surface area contributed by atoms with Crippen LogP contribution in [0.15, 0.2) is 30.3 Å². The molecule has 2 N–H and O–H groups in total. The molecule has 2 aliphatic rings. The fourth-order valence-corrected chi connectivity index (χ4v) is 4.90. The van der Waals surface area contributed by atoms with Crippen molar-refractivity contribution in [1.82, 2.24) is 4.72 Å². The minimum absolute atomic E-state index is 0.212. The number of amides is 2. The number of aryl methyl sites for hydroxylation is 2. The van der Waals surface area contributed by atoms with Gasteiger partial charge in [0.1, 0.15) is 11.0 Å². The minimum Gasteiger partial charge on any atom is -0.307 e. The van der Waals surface area contributed by atoms with E-state index in [9.17, 15) is 9.00 Å². The summed E-state index contributed by atoms with van der Waals surface area (Å²) >= 11 is 0. The Hall–Kier alpha value is -2.65. The Morgan fingerprint density at radius 1 is 1.04 bits per heavy atom. The van der Waals surface area contributed by atoms with Crippen molar-refractivity contribution in [3.63, 3.8) is 0 Å². The topological polar surface area (TPSA) is 82.0 Å². The molecule has 27 heavy (non-hydrogen) atoms. The molecule has 2 aromatic carbocycles. The second-order valence-corrected chi connectivity index (χ2v) is 8.27. The zero-order chi connectivity index (χ0) is 18.8. The van der Waals surface area contributed by atoms with Gasteiger partial charge in [-0.05, 0) is 78.5 Å². The van der Waals surface area contributed by atoms with E-state index in [1.54, 1.807) is 24.3 Å². The highest BCUT2D eigenvalue weighted by atomic mass is 32.2. The van der Waals surface area contributed by atoms with Gasteiger partial charge >= 0.3 is 6.03 Å². The smallest absolute Gasteiger partial charge is 0.307 e. The maximum atomic E-state index is 12.5. The van der Waals surface area contributed by atoms with Gasteiger partial charge in [-0.25, -0.2) is 9.00 Å². The quantitative estimate of drug-likeness (QED) is 0.853. The third-order valence-corrected chi connectivity index (χ3v) is 6.31. The van der Waals surface area contributed by atoms with Crippen molar-refractivity contribution in [2.75, 3.05) is 5.32 Å².